The average molecular weight is 319 g/mol. The fourth-order valence-corrected chi connectivity index (χ4v) is 1.83. The van der Waals surface area contributed by atoms with Crippen molar-refractivity contribution in [3.05, 3.63) is 28.2 Å². The molecule has 5 nitrogen and oxygen atoms in total. The van der Waals surface area contributed by atoms with Crippen LogP contribution in [-0.4, -0.2) is 24.6 Å². The Morgan fingerprint density at radius 3 is 2.70 bits per heavy atom. The number of amides is 2. The smallest absolute Gasteiger partial charge is 0.319 e. The first kappa shape index (κ1) is 16.6. The molecule has 110 valence electrons. The van der Waals surface area contributed by atoms with Crippen molar-refractivity contribution >= 4 is 40.9 Å². The molecule has 1 atom stereocenters. The van der Waals surface area contributed by atoms with E-state index in [-0.39, 0.29) is 18.4 Å². The second-order valence-electron chi connectivity index (χ2n) is 4.13. The number of ether oxygens (including phenoxy) is 1. The van der Waals surface area contributed by atoms with E-state index in [9.17, 15) is 9.59 Å². The number of esters is 1. The number of carbonyl (C=O) groups is 2. The fourth-order valence-electron chi connectivity index (χ4n) is 1.50. The van der Waals surface area contributed by atoms with Crippen LogP contribution in [0.2, 0.25) is 10.0 Å². The number of benzene rings is 1. The molecule has 0 unspecified atom stereocenters. The largest absolute Gasteiger partial charge is 0.466 e. The molecule has 1 rings (SSSR count). The molecule has 0 saturated heterocycles. The Hall–Kier alpha value is -1.46. The van der Waals surface area contributed by atoms with E-state index in [1.54, 1.807) is 32.0 Å². The highest BCUT2D eigenvalue weighted by atomic mass is 35.5. The molecule has 0 saturated carbocycles. The van der Waals surface area contributed by atoms with Crippen LogP contribution >= 0.6 is 23.2 Å². The Labute approximate surface area is 127 Å². The minimum atomic E-state index is -0.467. The van der Waals surface area contributed by atoms with Crippen LogP contribution in [0.3, 0.4) is 0 Å². The number of hydrogen-bond donors (Lipinski definition) is 2. The van der Waals surface area contributed by atoms with Crippen molar-refractivity contribution in [2.45, 2.75) is 26.3 Å². The zero-order valence-electron chi connectivity index (χ0n) is 11.2. The Bertz CT molecular complexity index is 495. The van der Waals surface area contributed by atoms with E-state index in [0.29, 0.717) is 22.3 Å². The van der Waals surface area contributed by atoms with Gasteiger partial charge >= 0.3 is 12.0 Å². The van der Waals surface area contributed by atoms with Crippen LogP contribution in [0.25, 0.3) is 0 Å². The number of carbonyl (C=O) groups excluding carboxylic acids is 2. The number of rotatable bonds is 5. The summed E-state index contributed by atoms with van der Waals surface area (Å²) in [6.07, 6.45) is 0.102. The lowest BCUT2D eigenvalue weighted by Crippen LogP contribution is -2.37. The van der Waals surface area contributed by atoms with Gasteiger partial charge in [-0.2, -0.15) is 0 Å². The second-order valence-corrected chi connectivity index (χ2v) is 4.98. The van der Waals surface area contributed by atoms with Gasteiger partial charge < -0.3 is 15.4 Å². The molecule has 0 aliphatic carbocycles. The number of anilines is 1. The van der Waals surface area contributed by atoms with Crippen molar-refractivity contribution in [1.29, 1.82) is 0 Å². The quantitative estimate of drug-likeness (QED) is 0.817. The SMILES string of the molecule is CCOC(=O)C[C@@H](C)NC(=O)Nc1cc(Cl)ccc1Cl. The molecule has 0 spiro atoms. The summed E-state index contributed by atoms with van der Waals surface area (Å²) in [5, 5.41) is 6.02. The summed E-state index contributed by atoms with van der Waals surface area (Å²) in [5.41, 5.74) is 0.403. The zero-order chi connectivity index (χ0) is 15.1. The minimum Gasteiger partial charge on any atom is -0.466 e. The first-order valence-electron chi connectivity index (χ1n) is 6.10. The van der Waals surface area contributed by atoms with Crippen LogP contribution in [0.15, 0.2) is 18.2 Å². The second kappa shape index (κ2) is 7.97. The van der Waals surface area contributed by atoms with Crippen LogP contribution in [-0.2, 0) is 9.53 Å². The highest BCUT2D eigenvalue weighted by Gasteiger charge is 2.13. The lowest BCUT2D eigenvalue weighted by Gasteiger charge is -2.14. The van der Waals surface area contributed by atoms with Crippen molar-refractivity contribution < 1.29 is 14.3 Å². The standard InChI is InChI=1S/C13H16Cl2N2O3/c1-3-20-12(18)6-8(2)16-13(19)17-11-7-9(14)4-5-10(11)15/h4-5,7-8H,3,6H2,1-2H3,(H2,16,17,19)/t8-/m1/s1. The monoisotopic (exact) mass is 318 g/mol. The molecule has 2 amide bonds. The summed E-state index contributed by atoms with van der Waals surface area (Å²) in [4.78, 5) is 23.0. The van der Waals surface area contributed by atoms with Gasteiger partial charge in [0, 0.05) is 11.1 Å². The molecule has 1 aromatic carbocycles. The maximum absolute atomic E-state index is 11.7. The molecule has 0 fully saturated rings. The molecule has 7 heteroatoms. The fraction of sp³-hybridized carbons (Fsp3) is 0.385. The number of halogens is 2. The summed E-state index contributed by atoms with van der Waals surface area (Å²) in [7, 11) is 0. The maximum Gasteiger partial charge on any atom is 0.319 e. The van der Waals surface area contributed by atoms with Gasteiger partial charge in [0.05, 0.1) is 23.7 Å². The summed E-state index contributed by atoms with van der Waals surface area (Å²) >= 11 is 11.7. The topological polar surface area (TPSA) is 67.4 Å². The van der Waals surface area contributed by atoms with Gasteiger partial charge in [-0.05, 0) is 32.0 Å². The van der Waals surface area contributed by atoms with Crippen molar-refractivity contribution in [2.75, 3.05) is 11.9 Å². The molecule has 0 aromatic heterocycles. The third-order valence-electron chi connectivity index (χ3n) is 2.33. The van der Waals surface area contributed by atoms with Gasteiger partial charge in [-0.1, -0.05) is 23.2 Å². The van der Waals surface area contributed by atoms with E-state index >= 15 is 0 Å². The van der Waals surface area contributed by atoms with Crippen molar-refractivity contribution in [3.63, 3.8) is 0 Å². The maximum atomic E-state index is 11.7. The van der Waals surface area contributed by atoms with Gasteiger partial charge in [-0.25, -0.2) is 4.79 Å². The summed E-state index contributed by atoms with van der Waals surface area (Å²) in [5.74, 6) is -0.360. The van der Waals surface area contributed by atoms with E-state index < -0.39 is 6.03 Å². The highest BCUT2D eigenvalue weighted by Crippen LogP contribution is 2.25. The van der Waals surface area contributed by atoms with Crippen molar-refractivity contribution in [2.24, 2.45) is 0 Å². The summed E-state index contributed by atoms with van der Waals surface area (Å²) in [6.45, 7) is 3.75. The predicted molar refractivity (Wildman–Crippen MR) is 79.3 cm³/mol. The Balaban J connectivity index is 2.51. The number of hydrogen-bond acceptors (Lipinski definition) is 3. The summed E-state index contributed by atoms with van der Waals surface area (Å²) < 4.78 is 4.80. The van der Waals surface area contributed by atoms with E-state index in [2.05, 4.69) is 10.6 Å². The Morgan fingerprint density at radius 2 is 2.05 bits per heavy atom. The molecule has 0 bridgehead atoms. The average Bonchev–Trinajstić information content (AvgIpc) is 2.33. The first-order valence-corrected chi connectivity index (χ1v) is 6.86. The highest BCUT2D eigenvalue weighted by molar-refractivity contribution is 6.35. The molecule has 2 N–H and O–H groups in total. The van der Waals surface area contributed by atoms with Gasteiger partial charge in [0.2, 0.25) is 0 Å². The predicted octanol–water partition coefficient (Wildman–Crippen LogP) is 3.46. The van der Waals surface area contributed by atoms with Crippen molar-refractivity contribution in [1.82, 2.24) is 5.32 Å². The normalized spacial score (nSPS) is 11.6. The van der Waals surface area contributed by atoms with Gasteiger partial charge in [0.25, 0.3) is 0 Å². The lowest BCUT2D eigenvalue weighted by molar-refractivity contribution is -0.143. The molecule has 0 radical (unpaired) electrons. The molecular formula is C13H16Cl2N2O3. The molecule has 0 aliphatic heterocycles. The Kier molecular flexibility index (Phi) is 6.61. The zero-order valence-corrected chi connectivity index (χ0v) is 12.7. The first-order chi connectivity index (χ1) is 9.42. The van der Waals surface area contributed by atoms with E-state index in [4.69, 9.17) is 27.9 Å². The molecule has 1 aromatic rings. The Morgan fingerprint density at radius 1 is 1.35 bits per heavy atom. The van der Waals surface area contributed by atoms with Crippen LogP contribution in [0.1, 0.15) is 20.3 Å². The van der Waals surface area contributed by atoms with Gasteiger partial charge in [0.15, 0.2) is 0 Å². The lowest BCUT2D eigenvalue weighted by atomic mass is 10.2. The van der Waals surface area contributed by atoms with Crippen LogP contribution < -0.4 is 10.6 Å². The van der Waals surface area contributed by atoms with Gasteiger partial charge in [-0.15, -0.1) is 0 Å². The number of nitrogens with one attached hydrogen (secondary N) is 2. The molecule has 20 heavy (non-hydrogen) atoms. The number of urea groups is 1. The van der Waals surface area contributed by atoms with Gasteiger partial charge in [0.1, 0.15) is 0 Å². The molecular weight excluding hydrogens is 303 g/mol. The van der Waals surface area contributed by atoms with Crippen LogP contribution in [0.5, 0.6) is 0 Å². The molecule has 0 heterocycles. The molecule has 0 aliphatic rings. The summed E-state index contributed by atoms with van der Waals surface area (Å²) in [6, 6.07) is 3.93. The van der Waals surface area contributed by atoms with Crippen LogP contribution in [0.4, 0.5) is 10.5 Å². The van der Waals surface area contributed by atoms with E-state index in [0.717, 1.165) is 0 Å². The van der Waals surface area contributed by atoms with Gasteiger partial charge in [-0.3, -0.25) is 4.79 Å². The van der Waals surface area contributed by atoms with E-state index in [1.807, 2.05) is 0 Å². The third kappa shape index (κ3) is 5.67. The van der Waals surface area contributed by atoms with Crippen molar-refractivity contribution in [3.8, 4) is 0 Å². The minimum absolute atomic E-state index is 0.102. The van der Waals surface area contributed by atoms with Crippen LogP contribution in [0, 0.1) is 0 Å². The van der Waals surface area contributed by atoms with E-state index in [1.165, 1.54) is 0 Å². The third-order valence-corrected chi connectivity index (χ3v) is 2.90.